The van der Waals surface area contributed by atoms with E-state index in [0.717, 1.165) is 15.7 Å². The number of rotatable bonds is 5. The van der Waals surface area contributed by atoms with Gasteiger partial charge in [-0.3, -0.25) is 9.69 Å². The van der Waals surface area contributed by atoms with Crippen molar-refractivity contribution in [2.75, 3.05) is 18.6 Å². The van der Waals surface area contributed by atoms with Crippen molar-refractivity contribution in [1.29, 1.82) is 0 Å². The fraction of sp³-hybridized carbons (Fsp3) is 0.207. The van der Waals surface area contributed by atoms with E-state index in [1.54, 1.807) is 56.4 Å². The zero-order chi connectivity index (χ0) is 28.3. The summed E-state index contributed by atoms with van der Waals surface area (Å²) in [4.78, 5) is 60.7. The van der Waals surface area contributed by atoms with Crippen molar-refractivity contribution in [2.24, 2.45) is 10.7 Å². The number of hydrazine groups is 1. The highest BCUT2D eigenvalue weighted by molar-refractivity contribution is 6.25. The summed E-state index contributed by atoms with van der Waals surface area (Å²) in [6.07, 6.45) is -1.32. The molecule has 11 nitrogen and oxygen atoms in total. The lowest BCUT2D eigenvalue weighted by molar-refractivity contribution is -0.166. The molecule has 1 saturated heterocycles. The lowest BCUT2D eigenvalue weighted by atomic mass is 9.96. The first-order valence-corrected chi connectivity index (χ1v) is 12.9. The number of quaternary nitrogens is 1. The molecule has 0 aliphatic carbocycles. The first kappa shape index (κ1) is 25.4. The molecule has 3 aromatic rings. The Balaban J connectivity index is 1.65. The number of urea groups is 1. The van der Waals surface area contributed by atoms with Gasteiger partial charge in [0.1, 0.15) is 7.05 Å². The van der Waals surface area contributed by atoms with Crippen molar-refractivity contribution in [3.8, 4) is 0 Å². The van der Waals surface area contributed by atoms with Gasteiger partial charge >= 0.3 is 23.8 Å². The Labute approximate surface area is 230 Å². The predicted molar refractivity (Wildman–Crippen MR) is 147 cm³/mol. The molecule has 6 bridgehead atoms. The monoisotopic (exact) mass is 539 g/mol. The van der Waals surface area contributed by atoms with Crippen LogP contribution in [-0.4, -0.2) is 65.5 Å². The molecule has 11 heteroatoms. The van der Waals surface area contributed by atoms with Crippen molar-refractivity contribution in [3.05, 3.63) is 89.5 Å². The SMILES string of the molecule is CCOC(=O)c1ccc(N2C(=O)N3C4N=C(c5ccccc5)c5c2cccc5[N@+](C)(C4=O)N3C(=O)[C@H](C)N)cc1. The minimum atomic E-state index is -1.32. The van der Waals surface area contributed by atoms with Crippen LogP contribution >= 0.6 is 0 Å². The van der Waals surface area contributed by atoms with Gasteiger partial charge in [-0.2, -0.15) is 0 Å². The van der Waals surface area contributed by atoms with Crippen molar-refractivity contribution in [2.45, 2.75) is 26.1 Å². The molecule has 1 unspecified atom stereocenters. The zero-order valence-electron chi connectivity index (χ0n) is 22.1. The molecule has 4 aliphatic heterocycles. The number of carbonyl (C=O) groups excluding carboxylic acids is 4. The lowest BCUT2D eigenvalue weighted by Gasteiger charge is -2.42. The number of likely N-dealkylation sites (N-methyl/N-ethyl adjacent to an activating group) is 1. The maximum Gasteiger partial charge on any atom is 0.391 e. The van der Waals surface area contributed by atoms with Crippen LogP contribution in [0.4, 0.5) is 21.9 Å². The van der Waals surface area contributed by atoms with Gasteiger partial charge in [-0.15, -0.1) is 9.60 Å². The van der Waals surface area contributed by atoms with Gasteiger partial charge in [0.05, 0.1) is 40.9 Å². The van der Waals surface area contributed by atoms with Crippen LogP contribution in [0, 0.1) is 0 Å². The molecule has 3 aromatic carbocycles. The number of benzene rings is 3. The van der Waals surface area contributed by atoms with Crippen LogP contribution in [0.25, 0.3) is 0 Å². The predicted octanol–water partition coefficient (Wildman–Crippen LogP) is 3.10. The number of aliphatic imine (C=N–C) groups is 1. The molecule has 7 rings (SSSR count). The van der Waals surface area contributed by atoms with Crippen LogP contribution in [-0.2, 0) is 14.3 Å². The maximum atomic E-state index is 14.4. The molecule has 4 heterocycles. The molecule has 0 radical (unpaired) electrons. The first-order chi connectivity index (χ1) is 19.2. The second-order valence-electron chi connectivity index (χ2n) is 9.83. The van der Waals surface area contributed by atoms with Crippen LogP contribution in [0.1, 0.15) is 35.3 Å². The van der Waals surface area contributed by atoms with E-state index in [4.69, 9.17) is 15.5 Å². The molecule has 40 heavy (non-hydrogen) atoms. The van der Waals surface area contributed by atoms with Gasteiger partial charge in [0.15, 0.2) is 5.69 Å². The van der Waals surface area contributed by atoms with Crippen LogP contribution in [0.2, 0.25) is 0 Å². The number of nitrogens with two attached hydrogens (primary N) is 1. The van der Waals surface area contributed by atoms with Crippen molar-refractivity contribution < 1.29 is 23.9 Å². The molecule has 4 aliphatic rings. The quantitative estimate of drug-likeness (QED) is 0.392. The largest absolute Gasteiger partial charge is 0.462 e. The Morgan fingerprint density at radius 1 is 1.02 bits per heavy atom. The normalized spacial score (nSPS) is 21.6. The molecule has 0 aromatic heterocycles. The molecule has 4 amide bonds. The van der Waals surface area contributed by atoms with Crippen LogP contribution < -0.4 is 15.2 Å². The van der Waals surface area contributed by atoms with Gasteiger partial charge in [-0.05, 0) is 44.2 Å². The minimum absolute atomic E-state index is 0.230. The molecule has 2 N–H and O–H groups in total. The Morgan fingerprint density at radius 2 is 1.73 bits per heavy atom. The van der Waals surface area contributed by atoms with Gasteiger partial charge in [-0.25, -0.2) is 19.4 Å². The number of hydrogen-bond acceptors (Lipinski definition) is 7. The number of nitrogens with zero attached hydrogens (tertiary/aromatic N) is 5. The third-order valence-corrected chi connectivity index (χ3v) is 7.34. The van der Waals surface area contributed by atoms with Crippen LogP contribution in [0.5, 0.6) is 0 Å². The number of esters is 1. The summed E-state index contributed by atoms with van der Waals surface area (Å²) >= 11 is 0. The zero-order valence-corrected chi connectivity index (χ0v) is 22.1. The van der Waals surface area contributed by atoms with E-state index in [0.29, 0.717) is 33.9 Å². The van der Waals surface area contributed by atoms with Gasteiger partial charge in [0, 0.05) is 11.6 Å². The van der Waals surface area contributed by atoms with Gasteiger partial charge < -0.3 is 10.5 Å². The van der Waals surface area contributed by atoms with E-state index >= 15 is 0 Å². The molecular formula is C29H27N6O5+. The summed E-state index contributed by atoms with van der Waals surface area (Å²) in [5, 5.41) is 2.21. The van der Waals surface area contributed by atoms with E-state index in [1.165, 1.54) is 11.8 Å². The summed E-state index contributed by atoms with van der Waals surface area (Å²) in [7, 11) is 1.58. The van der Waals surface area contributed by atoms with Crippen LogP contribution in [0.3, 0.4) is 0 Å². The highest BCUT2D eigenvalue weighted by atomic mass is 16.5. The number of ether oxygens (including phenoxy) is 1. The Kier molecular flexibility index (Phi) is 5.79. The van der Waals surface area contributed by atoms with Crippen LogP contribution in [0.15, 0.2) is 77.8 Å². The summed E-state index contributed by atoms with van der Waals surface area (Å²) in [5.74, 6) is -1.56. The average molecular weight is 540 g/mol. The summed E-state index contributed by atoms with van der Waals surface area (Å²) in [5.41, 5.74) is 9.54. The second kappa shape index (κ2) is 9.11. The first-order valence-electron chi connectivity index (χ1n) is 12.9. The van der Waals surface area contributed by atoms with E-state index in [1.807, 2.05) is 30.3 Å². The third-order valence-electron chi connectivity index (χ3n) is 7.34. The molecule has 0 saturated carbocycles. The third kappa shape index (κ3) is 3.41. The molecular weight excluding hydrogens is 512 g/mol. The number of fused-ring (bicyclic) bond motifs is 1. The Hall–Kier alpha value is -4.87. The smallest absolute Gasteiger partial charge is 0.391 e. The molecule has 0 spiro atoms. The topological polar surface area (TPSA) is 126 Å². The fourth-order valence-electron chi connectivity index (χ4n) is 5.46. The lowest BCUT2D eigenvalue weighted by Crippen LogP contribution is -2.67. The van der Waals surface area contributed by atoms with Crippen molar-refractivity contribution in [3.63, 3.8) is 0 Å². The van der Waals surface area contributed by atoms with E-state index in [9.17, 15) is 19.2 Å². The Bertz CT molecular complexity index is 1600. The van der Waals surface area contributed by atoms with E-state index in [2.05, 4.69) is 0 Å². The van der Waals surface area contributed by atoms with Crippen molar-refractivity contribution >= 4 is 46.6 Å². The maximum absolute atomic E-state index is 14.4. The van der Waals surface area contributed by atoms with E-state index < -0.39 is 40.6 Å². The van der Waals surface area contributed by atoms with Gasteiger partial charge in [0.2, 0.25) is 0 Å². The number of carbonyl (C=O) groups is 4. The molecule has 3 atom stereocenters. The summed E-state index contributed by atoms with van der Waals surface area (Å²) < 4.78 is 4.48. The van der Waals surface area contributed by atoms with Crippen molar-refractivity contribution in [1.82, 2.24) is 14.7 Å². The highest BCUT2D eigenvalue weighted by Crippen LogP contribution is 2.48. The highest BCUT2D eigenvalue weighted by Gasteiger charge is 2.67. The summed E-state index contributed by atoms with van der Waals surface area (Å²) in [6.45, 7) is 3.46. The fourth-order valence-corrected chi connectivity index (χ4v) is 5.46. The van der Waals surface area contributed by atoms with Gasteiger partial charge in [-0.1, -0.05) is 41.5 Å². The number of amides is 4. The average Bonchev–Trinajstić information content (AvgIpc) is 3.12. The molecule has 1 fully saturated rings. The number of anilines is 2. The minimum Gasteiger partial charge on any atom is -0.462 e. The van der Waals surface area contributed by atoms with E-state index in [-0.39, 0.29) is 6.61 Å². The second-order valence-corrected chi connectivity index (χ2v) is 9.83. The van der Waals surface area contributed by atoms with Gasteiger partial charge in [0.25, 0.3) is 6.17 Å². The summed E-state index contributed by atoms with van der Waals surface area (Å²) in [6, 6.07) is 19.4. The standard InChI is InChI=1S/C29H27N6O5/c1-4-40-28(38)19-13-15-20(16-14-19)32-21-11-8-12-22-23(21)24(18-9-6-5-7-10-18)31-25-27(37)35(22,3)34(26(36)17(2)30)33(25)29(32)39/h5-17,25H,4,30H2,1-3H3/q+1/t17-,25?,35+/m0/s1. The number of hydrogen-bond donors (Lipinski definition) is 1. The molecule has 202 valence electrons. The Morgan fingerprint density at radius 3 is 2.38 bits per heavy atom.